The maximum Gasteiger partial charge on any atom is 0.349 e. The summed E-state index contributed by atoms with van der Waals surface area (Å²) < 4.78 is 6.16. The topological polar surface area (TPSA) is 66.8 Å². The van der Waals surface area contributed by atoms with Crippen LogP contribution in [0, 0.1) is 12.3 Å². The smallest absolute Gasteiger partial charge is 0.349 e. The summed E-state index contributed by atoms with van der Waals surface area (Å²) in [5.74, 6) is -0.471. The molecule has 0 spiro atoms. The second-order valence-corrected chi connectivity index (χ2v) is 11.7. The molecule has 2 unspecified atom stereocenters. The lowest BCUT2D eigenvalue weighted by Crippen LogP contribution is -2.38. The Morgan fingerprint density at radius 1 is 1.00 bits per heavy atom. The van der Waals surface area contributed by atoms with Gasteiger partial charge in [-0.05, 0) is 59.6 Å². The molecule has 0 aliphatic carbocycles. The van der Waals surface area contributed by atoms with Gasteiger partial charge in [0.2, 0.25) is 0 Å². The van der Waals surface area contributed by atoms with Gasteiger partial charge in [-0.2, -0.15) is 0 Å². The van der Waals surface area contributed by atoms with E-state index in [0.29, 0.717) is 6.42 Å². The summed E-state index contributed by atoms with van der Waals surface area (Å²) in [6.45, 7) is 7.94. The Balaban J connectivity index is 1.60. The van der Waals surface area contributed by atoms with E-state index in [-0.39, 0.29) is 22.5 Å². The van der Waals surface area contributed by atoms with E-state index in [2.05, 4.69) is 12.1 Å². The van der Waals surface area contributed by atoms with Crippen LogP contribution >= 0.6 is 11.8 Å². The van der Waals surface area contributed by atoms with Gasteiger partial charge in [0.15, 0.2) is 0 Å². The molecule has 0 radical (unpaired) electrons. The molecule has 36 heavy (non-hydrogen) atoms. The van der Waals surface area contributed by atoms with Crippen LogP contribution in [0.5, 0.6) is 0 Å². The Hall–Kier alpha value is -3.02. The first-order chi connectivity index (χ1) is 17.1. The quantitative estimate of drug-likeness (QED) is 0.329. The van der Waals surface area contributed by atoms with E-state index in [1.807, 2.05) is 94.4 Å². The number of benzene rings is 3. The predicted molar refractivity (Wildman–Crippen MR) is 145 cm³/mol. The number of thioether (sulfide) groups is 1. The summed E-state index contributed by atoms with van der Waals surface area (Å²) in [7, 11) is 0. The number of ether oxygens (including phenoxy) is 1. The van der Waals surface area contributed by atoms with Crippen LogP contribution in [0.1, 0.15) is 62.0 Å². The van der Waals surface area contributed by atoms with Gasteiger partial charge in [0, 0.05) is 4.90 Å². The predicted octanol–water partition coefficient (Wildman–Crippen LogP) is 7.41. The van der Waals surface area contributed by atoms with E-state index in [1.54, 1.807) is 0 Å². The maximum absolute atomic E-state index is 13.3. The highest BCUT2D eigenvalue weighted by Crippen LogP contribution is 2.45. The van der Waals surface area contributed by atoms with Crippen molar-refractivity contribution in [3.8, 4) is 0 Å². The van der Waals surface area contributed by atoms with Gasteiger partial charge in [0.1, 0.15) is 16.3 Å². The minimum absolute atomic E-state index is 0.0459. The first-order valence-corrected chi connectivity index (χ1v) is 13.1. The summed E-state index contributed by atoms with van der Waals surface area (Å²) in [5, 5.41) is 21.8. The van der Waals surface area contributed by atoms with Crippen LogP contribution in [0.4, 0.5) is 0 Å². The number of aliphatic hydroxyl groups excluding tert-OH is 2. The first-order valence-electron chi connectivity index (χ1n) is 12.3. The molecular formula is C31H34O4S. The number of aryl methyl sites for hydroxylation is 2. The highest BCUT2D eigenvalue weighted by molar-refractivity contribution is 8.04. The fourth-order valence-electron chi connectivity index (χ4n) is 4.61. The largest absolute Gasteiger partial charge is 0.511 e. The minimum Gasteiger partial charge on any atom is -0.511 e. The molecule has 1 aliphatic rings. The molecule has 0 saturated heterocycles. The Morgan fingerprint density at radius 2 is 1.64 bits per heavy atom. The van der Waals surface area contributed by atoms with Crippen LogP contribution in [0.25, 0.3) is 0 Å². The van der Waals surface area contributed by atoms with Gasteiger partial charge in [-0.3, -0.25) is 0 Å². The van der Waals surface area contributed by atoms with Crippen LogP contribution in [-0.4, -0.2) is 16.2 Å². The van der Waals surface area contributed by atoms with Crippen LogP contribution < -0.4 is 0 Å². The number of aliphatic hydroxyl groups is 2. The molecular weight excluding hydrogens is 468 g/mol. The Labute approximate surface area is 218 Å². The molecule has 188 valence electrons. The SMILES string of the molecule is Cc1cc(SC2=C(O)CC(CCc3ccccc3)(c3ccccc3)OC2=O)ccc1C(O)C(C)(C)C. The van der Waals surface area contributed by atoms with E-state index >= 15 is 0 Å². The third-order valence-electron chi connectivity index (χ3n) is 6.72. The van der Waals surface area contributed by atoms with Crippen molar-refractivity contribution >= 4 is 17.7 Å². The molecule has 0 aromatic heterocycles. The third-order valence-corrected chi connectivity index (χ3v) is 7.82. The van der Waals surface area contributed by atoms with Gasteiger partial charge < -0.3 is 14.9 Å². The highest BCUT2D eigenvalue weighted by atomic mass is 32.2. The standard InChI is InChI=1S/C31H34O4S/c1-21-19-24(15-16-25(21)28(33)30(2,3)4)36-27-26(32)20-31(35-29(27)34,23-13-9-6-10-14-23)18-17-22-11-7-5-8-12-22/h5-16,19,28,32-33H,17-18,20H2,1-4H3. The lowest BCUT2D eigenvalue weighted by molar-refractivity contribution is -0.160. The summed E-state index contributed by atoms with van der Waals surface area (Å²) in [6.07, 6.45) is 0.903. The average molecular weight is 503 g/mol. The van der Waals surface area contributed by atoms with Gasteiger partial charge in [0.05, 0.1) is 12.5 Å². The van der Waals surface area contributed by atoms with Crippen LogP contribution in [0.2, 0.25) is 0 Å². The van der Waals surface area contributed by atoms with E-state index in [4.69, 9.17) is 4.74 Å². The molecule has 3 aromatic rings. The molecule has 3 aromatic carbocycles. The van der Waals surface area contributed by atoms with E-state index in [0.717, 1.165) is 33.6 Å². The Bertz CT molecular complexity index is 1240. The second kappa shape index (κ2) is 10.5. The number of carbonyl (C=O) groups is 1. The van der Waals surface area contributed by atoms with Crippen molar-refractivity contribution in [3.05, 3.63) is 112 Å². The maximum atomic E-state index is 13.3. The van der Waals surface area contributed by atoms with E-state index in [9.17, 15) is 15.0 Å². The number of hydrogen-bond donors (Lipinski definition) is 2. The number of hydrogen-bond acceptors (Lipinski definition) is 5. The number of esters is 1. The van der Waals surface area contributed by atoms with E-state index in [1.165, 1.54) is 11.8 Å². The molecule has 1 aliphatic heterocycles. The van der Waals surface area contributed by atoms with Gasteiger partial charge in [0.25, 0.3) is 0 Å². The second-order valence-electron chi connectivity index (χ2n) is 10.6. The number of cyclic esters (lactones) is 1. The monoisotopic (exact) mass is 502 g/mol. The van der Waals surface area contributed by atoms with Crippen molar-refractivity contribution in [2.75, 3.05) is 0 Å². The van der Waals surface area contributed by atoms with Gasteiger partial charge in [-0.25, -0.2) is 4.79 Å². The molecule has 4 rings (SSSR count). The van der Waals surface area contributed by atoms with Crippen molar-refractivity contribution in [1.29, 1.82) is 0 Å². The fraction of sp³-hybridized carbons (Fsp3) is 0.323. The normalized spacial score (nSPS) is 19.2. The molecule has 2 atom stereocenters. The van der Waals surface area contributed by atoms with Crippen molar-refractivity contribution in [1.82, 2.24) is 0 Å². The van der Waals surface area contributed by atoms with Crippen molar-refractivity contribution < 1.29 is 19.7 Å². The molecule has 2 N–H and O–H groups in total. The molecule has 4 nitrogen and oxygen atoms in total. The van der Waals surface area contributed by atoms with Gasteiger partial charge in [-0.1, -0.05) is 99.3 Å². The van der Waals surface area contributed by atoms with Crippen LogP contribution in [0.15, 0.2) is 94.4 Å². The van der Waals surface area contributed by atoms with Gasteiger partial charge in [-0.15, -0.1) is 0 Å². The molecule has 0 bridgehead atoms. The lowest BCUT2D eigenvalue weighted by atomic mass is 9.82. The van der Waals surface area contributed by atoms with Crippen molar-refractivity contribution in [2.45, 2.75) is 63.6 Å². The zero-order valence-electron chi connectivity index (χ0n) is 21.3. The molecule has 0 saturated carbocycles. The number of rotatable bonds is 7. The highest BCUT2D eigenvalue weighted by Gasteiger charge is 2.43. The first kappa shape index (κ1) is 26.1. The molecule has 5 heteroatoms. The Morgan fingerprint density at radius 3 is 2.22 bits per heavy atom. The summed E-state index contributed by atoms with van der Waals surface area (Å²) in [4.78, 5) is 14.3. The van der Waals surface area contributed by atoms with Gasteiger partial charge >= 0.3 is 5.97 Å². The fourth-order valence-corrected chi connectivity index (χ4v) is 5.53. The molecule has 0 fully saturated rings. The van der Waals surface area contributed by atoms with Crippen LogP contribution in [-0.2, 0) is 21.6 Å². The zero-order valence-corrected chi connectivity index (χ0v) is 22.1. The van der Waals surface area contributed by atoms with Crippen molar-refractivity contribution in [2.24, 2.45) is 5.41 Å². The summed E-state index contributed by atoms with van der Waals surface area (Å²) >= 11 is 1.21. The zero-order chi connectivity index (χ0) is 25.9. The molecule has 0 amide bonds. The summed E-state index contributed by atoms with van der Waals surface area (Å²) in [5.41, 5.74) is 2.61. The third kappa shape index (κ3) is 5.69. The lowest BCUT2D eigenvalue weighted by Gasteiger charge is -2.37. The summed E-state index contributed by atoms with van der Waals surface area (Å²) in [6, 6.07) is 25.5. The Kier molecular flexibility index (Phi) is 7.62. The average Bonchev–Trinajstić information content (AvgIpc) is 2.85. The van der Waals surface area contributed by atoms with E-state index < -0.39 is 17.7 Å². The van der Waals surface area contributed by atoms with Crippen LogP contribution in [0.3, 0.4) is 0 Å². The minimum atomic E-state index is -0.932. The van der Waals surface area contributed by atoms with Crippen molar-refractivity contribution in [3.63, 3.8) is 0 Å². The molecule has 1 heterocycles. The number of carbonyl (C=O) groups excluding carboxylic acids is 1.